The van der Waals surface area contributed by atoms with Crippen LogP contribution in [-0.4, -0.2) is 17.0 Å². The Bertz CT molecular complexity index is 1080. The Morgan fingerprint density at radius 3 is 2.59 bits per heavy atom. The number of thiophene rings is 1. The van der Waals surface area contributed by atoms with Crippen molar-refractivity contribution in [1.82, 2.24) is 9.88 Å². The molecule has 1 amide bonds. The quantitative estimate of drug-likeness (QED) is 0.489. The molecule has 2 heterocycles. The molecule has 0 aliphatic carbocycles. The summed E-state index contributed by atoms with van der Waals surface area (Å²) < 4.78 is 2.21. The molecule has 2 aromatic carbocycles. The zero-order chi connectivity index (χ0) is 18.8. The lowest BCUT2D eigenvalue weighted by Gasteiger charge is -2.12. The monoisotopic (exact) mass is 374 g/mol. The first-order valence-electron chi connectivity index (χ1n) is 9.14. The number of amides is 1. The minimum absolute atomic E-state index is 0.0110. The summed E-state index contributed by atoms with van der Waals surface area (Å²) in [6, 6.07) is 24.7. The molecule has 0 radical (unpaired) electrons. The fourth-order valence-electron chi connectivity index (χ4n) is 3.39. The SMILES string of the molecule is Cc1cc2ccccc2n1-c1ccc(C(=O)NCC(C)c2ccccc2)s1. The van der Waals surface area contributed by atoms with Gasteiger partial charge in [0.25, 0.3) is 5.91 Å². The Morgan fingerprint density at radius 2 is 1.78 bits per heavy atom. The molecule has 27 heavy (non-hydrogen) atoms. The molecule has 136 valence electrons. The first-order valence-corrected chi connectivity index (χ1v) is 9.95. The molecule has 0 saturated carbocycles. The lowest BCUT2D eigenvalue weighted by atomic mass is 10.0. The van der Waals surface area contributed by atoms with E-state index in [0.717, 1.165) is 9.88 Å². The number of aromatic nitrogens is 1. The van der Waals surface area contributed by atoms with Gasteiger partial charge in [-0.05, 0) is 42.7 Å². The zero-order valence-corrected chi connectivity index (χ0v) is 16.3. The number of carbonyl (C=O) groups excluding carboxylic acids is 1. The van der Waals surface area contributed by atoms with Gasteiger partial charge in [-0.1, -0.05) is 55.5 Å². The van der Waals surface area contributed by atoms with Crippen LogP contribution in [0.1, 0.15) is 33.8 Å². The number of rotatable bonds is 5. The van der Waals surface area contributed by atoms with Crippen molar-refractivity contribution in [2.24, 2.45) is 0 Å². The highest BCUT2D eigenvalue weighted by Gasteiger charge is 2.14. The normalized spacial score (nSPS) is 12.2. The Kier molecular flexibility index (Phi) is 4.82. The molecule has 0 aliphatic rings. The van der Waals surface area contributed by atoms with E-state index in [1.807, 2.05) is 42.5 Å². The molecular formula is C23H22N2OS. The van der Waals surface area contributed by atoms with Gasteiger partial charge in [0.2, 0.25) is 0 Å². The molecule has 2 aromatic heterocycles. The van der Waals surface area contributed by atoms with Crippen molar-refractivity contribution in [2.45, 2.75) is 19.8 Å². The van der Waals surface area contributed by atoms with Gasteiger partial charge in [0.15, 0.2) is 0 Å². The van der Waals surface area contributed by atoms with Crippen LogP contribution in [0, 0.1) is 6.92 Å². The minimum atomic E-state index is -0.0110. The summed E-state index contributed by atoms with van der Waals surface area (Å²) in [7, 11) is 0. The van der Waals surface area contributed by atoms with E-state index >= 15 is 0 Å². The highest BCUT2D eigenvalue weighted by atomic mass is 32.1. The standard InChI is InChI=1S/C23H22N2OS/c1-16(18-8-4-3-5-9-18)15-24-23(26)21-12-13-22(27-21)25-17(2)14-19-10-6-7-11-20(19)25/h3-14,16H,15H2,1-2H3,(H,24,26). The van der Waals surface area contributed by atoms with Crippen LogP contribution in [0.2, 0.25) is 0 Å². The molecule has 1 N–H and O–H groups in total. The molecule has 0 aliphatic heterocycles. The number of para-hydroxylation sites is 1. The molecule has 1 atom stereocenters. The number of benzene rings is 2. The van der Waals surface area contributed by atoms with E-state index in [9.17, 15) is 4.79 Å². The predicted molar refractivity (Wildman–Crippen MR) is 113 cm³/mol. The number of fused-ring (bicyclic) bond motifs is 1. The van der Waals surface area contributed by atoms with Gasteiger partial charge in [-0.25, -0.2) is 0 Å². The maximum absolute atomic E-state index is 12.6. The van der Waals surface area contributed by atoms with Gasteiger partial charge in [0.05, 0.1) is 10.4 Å². The van der Waals surface area contributed by atoms with Gasteiger partial charge in [-0.2, -0.15) is 0 Å². The van der Waals surface area contributed by atoms with E-state index in [2.05, 4.69) is 54.1 Å². The van der Waals surface area contributed by atoms with Gasteiger partial charge >= 0.3 is 0 Å². The van der Waals surface area contributed by atoms with E-state index < -0.39 is 0 Å². The lowest BCUT2D eigenvalue weighted by Crippen LogP contribution is -2.26. The van der Waals surface area contributed by atoms with E-state index in [-0.39, 0.29) is 11.8 Å². The summed E-state index contributed by atoms with van der Waals surface area (Å²) in [5.74, 6) is 0.272. The van der Waals surface area contributed by atoms with Gasteiger partial charge in [0, 0.05) is 17.6 Å². The summed E-state index contributed by atoms with van der Waals surface area (Å²) in [5, 5.41) is 5.35. The van der Waals surface area contributed by atoms with Crippen LogP contribution in [0.15, 0.2) is 72.8 Å². The smallest absolute Gasteiger partial charge is 0.261 e. The highest BCUT2D eigenvalue weighted by Crippen LogP contribution is 2.28. The highest BCUT2D eigenvalue weighted by molar-refractivity contribution is 7.16. The van der Waals surface area contributed by atoms with Crippen molar-refractivity contribution in [1.29, 1.82) is 0 Å². The molecule has 4 heteroatoms. The summed E-state index contributed by atoms with van der Waals surface area (Å²) in [5.41, 5.74) is 3.57. The number of hydrogen-bond donors (Lipinski definition) is 1. The van der Waals surface area contributed by atoms with Crippen molar-refractivity contribution in [3.63, 3.8) is 0 Å². The van der Waals surface area contributed by atoms with E-state index in [1.165, 1.54) is 33.5 Å². The first-order chi connectivity index (χ1) is 13.1. The minimum Gasteiger partial charge on any atom is -0.351 e. The lowest BCUT2D eigenvalue weighted by molar-refractivity contribution is 0.0955. The molecule has 0 spiro atoms. The molecule has 4 aromatic rings. The number of carbonyl (C=O) groups is 1. The van der Waals surface area contributed by atoms with Crippen molar-refractivity contribution in [3.8, 4) is 5.00 Å². The largest absolute Gasteiger partial charge is 0.351 e. The fraction of sp³-hybridized carbons (Fsp3) is 0.174. The third kappa shape index (κ3) is 3.53. The van der Waals surface area contributed by atoms with Crippen molar-refractivity contribution >= 4 is 28.1 Å². The maximum Gasteiger partial charge on any atom is 0.261 e. The Hall–Kier alpha value is -2.85. The Morgan fingerprint density at radius 1 is 1.04 bits per heavy atom. The molecule has 1 unspecified atom stereocenters. The van der Waals surface area contributed by atoms with E-state index in [4.69, 9.17) is 0 Å². The number of nitrogens with one attached hydrogen (secondary N) is 1. The zero-order valence-electron chi connectivity index (χ0n) is 15.5. The van der Waals surface area contributed by atoms with Gasteiger partial charge in [-0.15, -0.1) is 11.3 Å². The van der Waals surface area contributed by atoms with Crippen molar-refractivity contribution in [3.05, 3.63) is 88.9 Å². The van der Waals surface area contributed by atoms with Crippen LogP contribution in [0.4, 0.5) is 0 Å². The second-order valence-electron chi connectivity index (χ2n) is 6.84. The van der Waals surface area contributed by atoms with Crippen LogP contribution in [0.3, 0.4) is 0 Å². The number of hydrogen-bond acceptors (Lipinski definition) is 2. The fourth-order valence-corrected chi connectivity index (χ4v) is 4.38. The average Bonchev–Trinajstić information content (AvgIpc) is 3.30. The van der Waals surface area contributed by atoms with Crippen LogP contribution in [0.5, 0.6) is 0 Å². The van der Waals surface area contributed by atoms with Gasteiger partial charge in [-0.3, -0.25) is 4.79 Å². The number of aryl methyl sites for hydroxylation is 1. The third-order valence-corrected chi connectivity index (χ3v) is 5.94. The number of nitrogens with zero attached hydrogens (tertiary/aromatic N) is 1. The average molecular weight is 375 g/mol. The second kappa shape index (κ2) is 7.41. The molecular weight excluding hydrogens is 352 g/mol. The summed E-state index contributed by atoms with van der Waals surface area (Å²) >= 11 is 1.53. The third-order valence-electron chi connectivity index (χ3n) is 4.87. The van der Waals surface area contributed by atoms with Crippen LogP contribution in [-0.2, 0) is 0 Å². The molecule has 0 saturated heterocycles. The Labute approximate surface area is 163 Å². The van der Waals surface area contributed by atoms with Crippen molar-refractivity contribution < 1.29 is 4.79 Å². The topological polar surface area (TPSA) is 34.0 Å². The summed E-state index contributed by atoms with van der Waals surface area (Å²) in [4.78, 5) is 13.3. The van der Waals surface area contributed by atoms with E-state index in [0.29, 0.717) is 6.54 Å². The molecule has 4 rings (SSSR count). The van der Waals surface area contributed by atoms with E-state index in [1.54, 1.807) is 0 Å². The molecule has 0 bridgehead atoms. The predicted octanol–water partition coefficient (Wildman–Crippen LogP) is 5.53. The second-order valence-corrected chi connectivity index (χ2v) is 7.90. The van der Waals surface area contributed by atoms with Gasteiger partial charge < -0.3 is 9.88 Å². The molecule has 3 nitrogen and oxygen atoms in total. The van der Waals surface area contributed by atoms with Crippen LogP contribution in [0.25, 0.3) is 15.9 Å². The van der Waals surface area contributed by atoms with Gasteiger partial charge in [0.1, 0.15) is 5.00 Å². The van der Waals surface area contributed by atoms with Crippen LogP contribution >= 0.6 is 11.3 Å². The first kappa shape index (κ1) is 17.6. The summed E-state index contributed by atoms with van der Waals surface area (Å²) in [6.45, 7) is 4.85. The maximum atomic E-state index is 12.6. The van der Waals surface area contributed by atoms with Crippen LogP contribution < -0.4 is 5.32 Å². The van der Waals surface area contributed by atoms with Crippen molar-refractivity contribution in [2.75, 3.05) is 6.54 Å². The molecule has 0 fully saturated rings. The Balaban J connectivity index is 1.50. The summed E-state index contributed by atoms with van der Waals surface area (Å²) in [6.07, 6.45) is 0.